The zero-order valence-electron chi connectivity index (χ0n) is 15.9. The summed E-state index contributed by atoms with van der Waals surface area (Å²) in [6, 6.07) is 12.7. The van der Waals surface area contributed by atoms with E-state index in [4.69, 9.17) is 0 Å². The number of halogens is 3. The van der Waals surface area contributed by atoms with Crippen molar-refractivity contribution < 1.29 is 18.0 Å². The van der Waals surface area contributed by atoms with E-state index in [1.54, 1.807) is 7.05 Å². The number of benzene rings is 2. The van der Waals surface area contributed by atoms with Crippen molar-refractivity contribution in [3.05, 3.63) is 72.3 Å². The maximum atomic E-state index is 13.1. The number of carbonyl (C=O) groups is 1. The number of alkyl halides is 3. The number of hydrogen-bond donors (Lipinski definition) is 1. The van der Waals surface area contributed by atoms with E-state index in [9.17, 15) is 18.0 Å². The summed E-state index contributed by atoms with van der Waals surface area (Å²) < 4.78 is 40.7. The third-order valence-corrected chi connectivity index (χ3v) is 4.60. The molecule has 0 aliphatic rings. The van der Waals surface area contributed by atoms with Crippen LogP contribution in [-0.2, 0) is 11.0 Å². The molecule has 0 radical (unpaired) electrons. The summed E-state index contributed by atoms with van der Waals surface area (Å²) in [6.07, 6.45) is -1.92. The lowest BCUT2D eigenvalue weighted by molar-refractivity contribution is -0.137. The fraction of sp³-hybridized carbons (Fsp3) is 0.250. The molecular weight excluding hydrogens is 383 g/mol. The maximum Gasteiger partial charge on any atom is 0.416 e. The number of hydrogen-bond acceptors (Lipinski definition) is 4. The van der Waals surface area contributed by atoms with Crippen LogP contribution in [0, 0.1) is 0 Å². The highest BCUT2D eigenvalue weighted by Gasteiger charge is 2.31. The van der Waals surface area contributed by atoms with Crippen LogP contribution in [0.3, 0.4) is 0 Å². The van der Waals surface area contributed by atoms with Crippen molar-refractivity contribution in [2.45, 2.75) is 19.1 Å². The van der Waals surface area contributed by atoms with Crippen LogP contribution < -0.4 is 5.32 Å². The molecular formula is C20H20F3N5O. The Hall–Kier alpha value is -3.20. The van der Waals surface area contributed by atoms with Crippen molar-refractivity contribution in [1.29, 1.82) is 0 Å². The van der Waals surface area contributed by atoms with Gasteiger partial charge in [-0.2, -0.15) is 18.3 Å². The zero-order chi connectivity index (χ0) is 21.0. The molecule has 2 aromatic carbocycles. The Labute approximate surface area is 166 Å². The van der Waals surface area contributed by atoms with Gasteiger partial charge in [-0.3, -0.25) is 9.69 Å². The lowest BCUT2D eigenvalue weighted by atomic mass is 10.1. The van der Waals surface area contributed by atoms with Gasteiger partial charge in [0, 0.05) is 6.04 Å². The number of nitrogens with one attached hydrogen (secondary N) is 1. The number of carbonyl (C=O) groups excluding carboxylic acids is 1. The summed E-state index contributed by atoms with van der Waals surface area (Å²) in [6.45, 7) is 1.96. The smallest absolute Gasteiger partial charge is 0.323 e. The largest absolute Gasteiger partial charge is 0.416 e. The summed E-state index contributed by atoms with van der Waals surface area (Å²) in [4.78, 5) is 18.2. The Morgan fingerprint density at radius 3 is 2.55 bits per heavy atom. The number of anilines is 1. The molecule has 1 atom stereocenters. The molecule has 0 aliphatic carbocycles. The first-order valence-electron chi connectivity index (χ1n) is 8.87. The Kier molecular flexibility index (Phi) is 5.97. The van der Waals surface area contributed by atoms with E-state index in [-0.39, 0.29) is 18.3 Å². The molecule has 1 aromatic heterocycles. The van der Waals surface area contributed by atoms with E-state index < -0.39 is 17.6 Å². The second-order valence-corrected chi connectivity index (χ2v) is 6.62. The summed E-state index contributed by atoms with van der Waals surface area (Å²) in [5, 5.41) is 6.52. The fourth-order valence-corrected chi connectivity index (χ4v) is 2.88. The lowest BCUT2D eigenvalue weighted by Gasteiger charge is -2.24. The molecule has 29 heavy (non-hydrogen) atoms. The first-order chi connectivity index (χ1) is 13.8. The highest BCUT2D eigenvalue weighted by Crippen LogP contribution is 2.33. The summed E-state index contributed by atoms with van der Waals surface area (Å²) in [5.41, 5.74) is 0.478. The predicted octanol–water partition coefficient (Wildman–Crippen LogP) is 3.92. The van der Waals surface area contributed by atoms with Crippen molar-refractivity contribution >= 4 is 11.6 Å². The zero-order valence-corrected chi connectivity index (χ0v) is 15.9. The number of rotatable bonds is 6. The first kappa shape index (κ1) is 20.5. The van der Waals surface area contributed by atoms with Gasteiger partial charge in [-0.05, 0) is 37.7 Å². The molecule has 0 fully saturated rings. The molecule has 1 N–H and O–H groups in total. The van der Waals surface area contributed by atoms with Gasteiger partial charge in [0.1, 0.15) is 12.7 Å². The van der Waals surface area contributed by atoms with Crippen molar-refractivity contribution in [2.75, 3.05) is 18.9 Å². The second-order valence-electron chi connectivity index (χ2n) is 6.62. The van der Waals surface area contributed by atoms with E-state index in [0.29, 0.717) is 5.69 Å². The number of amides is 1. The third-order valence-electron chi connectivity index (χ3n) is 4.60. The van der Waals surface area contributed by atoms with E-state index >= 15 is 0 Å². The van der Waals surface area contributed by atoms with Crippen LogP contribution in [0.1, 0.15) is 24.1 Å². The van der Waals surface area contributed by atoms with Crippen molar-refractivity contribution in [3.8, 4) is 5.69 Å². The summed E-state index contributed by atoms with van der Waals surface area (Å²) >= 11 is 0. The SMILES string of the molecule is CC(c1ccccc1)N(C)CC(=O)Nc1cc(C(F)(F)F)ccc1-n1cncn1. The van der Waals surface area contributed by atoms with Crippen molar-refractivity contribution in [2.24, 2.45) is 0 Å². The minimum Gasteiger partial charge on any atom is -0.323 e. The molecule has 152 valence electrons. The van der Waals surface area contributed by atoms with Gasteiger partial charge in [0.05, 0.1) is 23.5 Å². The van der Waals surface area contributed by atoms with Gasteiger partial charge in [0.15, 0.2) is 0 Å². The van der Waals surface area contributed by atoms with Crippen molar-refractivity contribution in [1.82, 2.24) is 19.7 Å². The van der Waals surface area contributed by atoms with Crippen LogP contribution in [0.5, 0.6) is 0 Å². The Morgan fingerprint density at radius 2 is 1.93 bits per heavy atom. The molecule has 0 saturated heterocycles. The molecule has 0 spiro atoms. The van der Waals surface area contributed by atoms with Crippen LogP contribution in [0.2, 0.25) is 0 Å². The molecule has 3 aromatic rings. The van der Waals surface area contributed by atoms with Gasteiger partial charge in [-0.1, -0.05) is 30.3 Å². The average molecular weight is 403 g/mol. The third kappa shape index (κ3) is 5.00. The average Bonchev–Trinajstić information content (AvgIpc) is 3.21. The monoisotopic (exact) mass is 403 g/mol. The molecule has 3 rings (SSSR count). The maximum absolute atomic E-state index is 13.1. The van der Waals surface area contributed by atoms with Gasteiger partial charge in [-0.25, -0.2) is 9.67 Å². The second kappa shape index (κ2) is 8.44. The van der Waals surface area contributed by atoms with Gasteiger partial charge in [0.25, 0.3) is 0 Å². The summed E-state index contributed by atoms with van der Waals surface area (Å²) in [7, 11) is 1.78. The van der Waals surface area contributed by atoms with E-state index in [0.717, 1.165) is 17.7 Å². The Bertz CT molecular complexity index is 958. The standard InChI is InChI=1S/C20H20F3N5O/c1-14(15-6-4-3-5-7-15)27(2)11-19(29)26-17-10-16(20(21,22)23)8-9-18(17)28-13-24-12-25-28/h3-10,12-14H,11H2,1-2H3,(H,26,29). The van der Waals surface area contributed by atoms with Crippen molar-refractivity contribution in [3.63, 3.8) is 0 Å². The quantitative estimate of drug-likeness (QED) is 0.678. The van der Waals surface area contributed by atoms with Crippen LogP contribution in [0.4, 0.5) is 18.9 Å². The Balaban J connectivity index is 1.79. The summed E-state index contributed by atoms with van der Waals surface area (Å²) in [5.74, 6) is -0.434. The van der Waals surface area contributed by atoms with Gasteiger partial charge >= 0.3 is 6.18 Å². The van der Waals surface area contributed by atoms with Gasteiger partial charge in [0.2, 0.25) is 5.91 Å². The number of likely N-dealkylation sites (N-methyl/N-ethyl adjacent to an activating group) is 1. The fourth-order valence-electron chi connectivity index (χ4n) is 2.88. The van der Waals surface area contributed by atoms with E-state index in [2.05, 4.69) is 15.4 Å². The highest BCUT2D eigenvalue weighted by molar-refractivity contribution is 5.94. The molecule has 9 heteroatoms. The molecule has 1 unspecified atom stereocenters. The minimum atomic E-state index is -4.53. The van der Waals surface area contributed by atoms with Crippen LogP contribution in [0.15, 0.2) is 61.2 Å². The lowest BCUT2D eigenvalue weighted by Crippen LogP contribution is -2.32. The number of nitrogens with zero attached hydrogens (tertiary/aromatic N) is 4. The number of aromatic nitrogens is 3. The molecule has 1 amide bonds. The minimum absolute atomic E-state index is 0.00308. The highest BCUT2D eigenvalue weighted by atomic mass is 19.4. The normalized spacial score (nSPS) is 12.8. The topological polar surface area (TPSA) is 63.1 Å². The van der Waals surface area contributed by atoms with E-state index in [1.807, 2.05) is 42.2 Å². The van der Waals surface area contributed by atoms with Crippen LogP contribution >= 0.6 is 0 Å². The van der Waals surface area contributed by atoms with Crippen LogP contribution in [-0.4, -0.2) is 39.2 Å². The first-order valence-corrected chi connectivity index (χ1v) is 8.87. The van der Waals surface area contributed by atoms with Gasteiger partial charge < -0.3 is 5.32 Å². The molecule has 1 heterocycles. The van der Waals surface area contributed by atoms with Crippen LogP contribution in [0.25, 0.3) is 5.69 Å². The molecule has 0 aliphatic heterocycles. The molecule has 6 nitrogen and oxygen atoms in total. The molecule has 0 saturated carbocycles. The predicted molar refractivity (Wildman–Crippen MR) is 102 cm³/mol. The molecule has 0 bridgehead atoms. The van der Waals surface area contributed by atoms with Gasteiger partial charge in [-0.15, -0.1) is 0 Å². The Morgan fingerprint density at radius 1 is 1.21 bits per heavy atom. The van der Waals surface area contributed by atoms with E-state index in [1.165, 1.54) is 23.4 Å².